The van der Waals surface area contributed by atoms with Gasteiger partial charge in [0.15, 0.2) is 38.6 Å². The van der Waals surface area contributed by atoms with E-state index in [2.05, 4.69) is 45.8 Å². The Labute approximate surface area is 220 Å². The summed E-state index contributed by atoms with van der Waals surface area (Å²) in [5.41, 5.74) is 2.34. The van der Waals surface area contributed by atoms with Crippen molar-refractivity contribution < 1.29 is 57.6 Å². The lowest BCUT2D eigenvalue weighted by molar-refractivity contribution is -0.544. The van der Waals surface area contributed by atoms with Crippen molar-refractivity contribution >= 4 is 12.4 Å². The molecule has 0 aliphatic carbocycles. The van der Waals surface area contributed by atoms with Crippen molar-refractivity contribution in [3.8, 4) is 11.5 Å². The summed E-state index contributed by atoms with van der Waals surface area (Å²) in [6.45, 7) is 9.03. The summed E-state index contributed by atoms with van der Waals surface area (Å²) >= 11 is 0. The molecular formula is C26H34Cl2N2O5. The zero-order valence-electron chi connectivity index (χ0n) is 20.0. The third kappa shape index (κ3) is 10.5. The van der Waals surface area contributed by atoms with Gasteiger partial charge in [0.25, 0.3) is 0 Å². The number of morpholine rings is 2. The summed E-state index contributed by atoms with van der Waals surface area (Å²) < 4.78 is 32.5. The Morgan fingerprint density at radius 1 is 0.571 bits per heavy atom. The molecule has 2 saturated heterocycles. The molecule has 2 aromatic carbocycles. The second-order valence-corrected chi connectivity index (χ2v) is 8.00. The van der Waals surface area contributed by atoms with Gasteiger partial charge in [0, 0.05) is 11.1 Å². The zero-order valence-corrected chi connectivity index (χ0v) is 21.5. The number of nitrogens with zero attached hydrogens (tertiary/aromatic N) is 2. The van der Waals surface area contributed by atoms with Gasteiger partial charge in [0.1, 0.15) is 51.1 Å². The SMILES string of the molecule is C(c1ccc(OCCOCCOc2ccc(C=[N+]3CCOCC3)cc2)cc1)=[N+]1CCOCC1.[Cl-].[Cl-]. The predicted octanol–water partition coefficient (Wildman–Crippen LogP) is -3.91. The first-order valence-electron chi connectivity index (χ1n) is 11.7. The lowest BCUT2D eigenvalue weighted by atomic mass is 10.2. The van der Waals surface area contributed by atoms with Crippen LogP contribution in [0.3, 0.4) is 0 Å². The molecule has 192 valence electrons. The zero-order chi connectivity index (χ0) is 22.6. The molecule has 9 heteroatoms. The van der Waals surface area contributed by atoms with Crippen molar-refractivity contribution in [3.63, 3.8) is 0 Å². The first-order chi connectivity index (χ1) is 16.3. The van der Waals surface area contributed by atoms with E-state index in [0.29, 0.717) is 26.4 Å². The average Bonchev–Trinajstić information content (AvgIpc) is 2.87. The Kier molecular flexibility index (Phi) is 13.7. The van der Waals surface area contributed by atoms with Crippen molar-refractivity contribution in [1.29, 1.82) is 0 Å². The molecule has 0 amide bonds. The highest BCUT2D eigenvalue weighted by atomic mass is 35.5. The topological polar surface area (TPSA) is 52.2 Å². The molecule has 4 rings (SSSR count). The van der Waals surface area contributed by atoms with Crippen LogP contribution in [0.25, 0.3) is 0 Å². The minimum Gasteiger partial charge on any atom is -1.00 e. The van der Waals surface area contributed by atoms with Gasteiger partial charge in [0.2, 0.25) is 0 Å². The van der Waals surface area contributed by atoms with Gasteiger partial charge in [-0.25, -0.2) is 9.15 Å². The first-order valence-corrected chi connectivity index (χ1v) is 11.7. The van der Waals surface area contributed by atoms with E-state index >= 15 is 0 Å². The third-order valence-corrected chi connectivity index (χ3v) is 5.51. The minimum absolute atomic E-state index is 0. The Hall–Kier alpha value is -2.16. The van der Waals surface area contributed by atoms with E-state index in [-0.39, 0.29) is 24.8 Å². The van der Waals surface area contributed by atoms with E-state index in [1.165, 1.54) is 11.1 Å². The molecule has 0 N–H and O–H groups in total. The van der Waals surface area contributed by atoms with Crippen molar-refractivity contribution in [2.45, 2.75) is 0 Å². The van der Waals surface area contributed by atoms with Crippen molar-refractivity contribution in [2.24, 2.45) is 0 Å². The second-order valence-electron chi connectivity index (χ2n) is 8.00. The molecule has 2 aromatic rings. The van der Waals surface area contributed by atoms with E-state index in [1.807, 2.05) is 24.3 Å². The lowest BCUT2D eigenvalue weighted by Gasteiger charge is -2.11. The monoisotopic (exact) mass is 524 g/mol. The van der Waals surface area contributed by atoms with E-state index in [4.69, 9.17) is 23.7 Å². The quantitative estimate of drug-likeness (QED) is 0.235. The summed E-state index contributed by atoms with van der Waals surface area (Å²) in [5.74, 6) is 1.70. The van der Waals surface area contributed by atoms with Crippen LogP contribution >= 0.6 is 0 Å². The van der Waals surface area contributed by atoms with E-state index in [9.17, 15) is 0 Å². The van der Waals surface area contributed by atoms with Gasteiger partial charge >= 0.3 is 0 Å². The Bertz CT molecular complexity index is 829. The molecule has 35 heavy (non-hydrogen) atoms. The molecule has 7 nitrogen and oxygen atoms in total. The van der Waals surface area contributed by atoms with Gasteiger partial charge in [-0.15, -0.1) is 0 Å². The van der Waals surface area contributed by atoms with E-state index in [1.54, 1.807) is 0 Å². The summed E-state index contributed by atoms with van der Waals surface area (Å²) in [4.78, 5) is 0. The highest BCUT2D eigenvalue weighted by Crippen LogP contribution is 2.12. The maximum Gasteiger partial charge on any atom is 0.170 e. The maximum absolute atomic E-state index is 5.76. The molecule has 2 heterocycles. The van der Waals surface area contributed by atoms with Gasteiger partial charge in [-0.2, -0.15) is 0 Å². The fourth-order valence-electron chi connectivity index (χ4n) is 3.67. The highest BCUT2D eigenvalue weighted by molar-refractivity contribution is 5.76. The molecule has 2 fully saturated rings. The van der Waals surface area contributed by atoms with Crippen LogP contribution in [0.15, 0.2) is 48.5 Å². The summed E-state index contributed by atoms with van der Waals surface area (Å²) in [6, 6.07) is 16.3. The first kappa shape index (κ1) is 29.1. The van der Waals surface area contributed by atoms with Crippen molar-refractivity contribution in [2.75, 3.05) is 79.0 Å². The smallest absolute Gasteiger partial charge is 0.170 e. The van der Waals surface area contributed by atoms with Crippen LogP contribution in [0.1, 0.15) is 11.1 Å². The molecule has 2 aliphatic rings. The number of benzene rings is 2. The lowest BCUT2D eigenvalue weighted by Crippen LogP contribution is -3.00. The highest BCUT2D eigenvalue weighted by Gasteiger charge is 2.11. The number of hydrogen-bond acceptors (Lipinski definition) is 5. The number of ether oxygens (including phenoxy) is 5. The minimum atomic E-state index is 0. The van der Waals surface area contributed by atoms with Crippen LogP contribution in [-0.4, -0.2) is 101 Å². The molecule has 0 unspecified atom stereocenters. The fraction of sp³-hybridized carbons (Fsp3) is 0.462. The fourth-order valence-corrected chi connectivity index (χ4v) is 3.67. The molecule has 0 radical (unpaired) electrons. The Balaban J connectivity index is 0.00000216. The van der Waals surface area contributed by atoms with Crippen molar-refractivity contribution in [1.82, 2.24) is 0 Å². The van der Waals surface area contributed by atoms with Crippen LogP contribution in [0.2, 0.25) is 0 Å². The molecule has 2 aliphatic heterocycles. The standard InChI is InChI=1S/C26H34N2O5.2ClH/c1-5-25(6-2-23(1)21-27-9-13-29-14-10-27)32-19-17-31-18-20-33-26-7-3-24(4-8-26)22-28-11-15-30-16-12-28;;/h1-8,21-22H,9-20H2;2*1H/q+2;;/p-2. The molecule has 0 aromatic heterocycles. The normalized spacial score (nSPS) is 15.4. The predicted molar refractivity (Wildman–Crippen MR) is 127 cm³/mol. The number of rotatable bonds is 10. The van der Waals surface area contributed by atoms with Gasteiger partial charge in [-0.05, 0) is 48.5 Å². The summed E-state index contributed by atoms with van der Waals surface area (Å²) in [7, 11) is 0. The average molecular weight is 525 g/mol. The van der Waals surface area contributed by atoms with Crippen LogP contribution in [-0.2, 0) is 14.2 Å². The van der Waals surface area contributed by atoms with Crippen LogP contribution < -0.4 is 34.3 Å². The number of hydrogen-bond donors (Lipinski definition) is 0. The van der Waals surface area contributed by atoms with E-state index in [0.717, 1.165) is 64.1 Å². The van der Waals surface area contributed by atoms with Gasteiger partial charge < -0.3 is 48.5 Å². The third-order valence-electron chi connectivity index (χ3n) is 5.51. The molecule has 0 saturated carbocycles. The van der Waals surface area contributed by atoms with Crippen LogP contribution in [0.4, 0.5) is 0 Å². The summed E-state index contributed by atoms with van der Waals surface area (Å²) in [6.07, 6.45) is 4.34. The van der Waals surface area contributed by atoms with Crippen LogP contribution in [0.5, 0.6) is 11.5 Å². The molecule has 0 bridgehead atoms. The molecule has 0 spiro atoms. The molecule has 0 atom stereocenters. The second kappa shape index (κ2) is 16.5. The van der Waals surface area contributed by atoms with E-state index < -0.39 is 0 Å². The van der Waals surface area contributed by atoms with Gasteiger partial charge in [0.05, 0.1) is 13.2 Å². The van der Waals surface area contributed by atoms with Crippen LogP contribution in [0, 0.1) is 0 Å². The Morgan fingerprint density at radius 2 is 0.943 bits per heavy atom. The summed E-state index contributed by atoms with van der Waals surface area (Å²) in [5, 5.41) is 0. The Morgan fingerprint density at radius 3 is 1.31 bits per heavy atom. The van der Waals surface area contributed by atoms with Crippen molar-refractivity contribution in [3.05, 3.63) is 59.7 Å². The largest absolute Gasteiger partial charge is 1.00 e. The number of halogens is 2. The van der Waals surface area contributed by atoms with Gasteiger partial charge in [-0.1, -0.05) is 0 Å². The maximum atomic E-state index is 5.76. The van der Waals surface area contributed by atoms with Gasteiger partial charge in [-0.3, -0.25) is 0 Å². The molecular weight excluding hydrogens is 491 g/mol.